The molecule has 1 amide bonds. The van der Waals surface area contributed by atoms with E-state index in [9.17, 15) is 13.2 Å². The molecule has 1 saturated heterocycles. The number of rotatable bonds is 7. The molecule has 0 aromatic heterocycles. The highest BCUT2D eigenvalue weighted by Gasteiger charge is 2.39. The van der Waals surface area contributed by atoms with Crippen molar-refractivity contribution in [2.45, 2.75) is 50.0 Å². The molecule has 32 heavy (non-hydrogen) atoms. The standard InChI is InChI=1S/C23H28Cl2N2O4S/c1-23(2,3)16-6-8-17(9-7-16)31-14-12-26-22(28)21-5-4-13-27(21)32(29,30)18-10-11-19(24)20(25)15-18/h6-11,15,21H,4-5,12-14H2,1-3H3,(H,26,28). The fourth-order valence-corrected chi connectivity index (χ4v) is 5.62. The monoisotopic (exact) mass is 498 g/mol. The highest BCUT2D eigenvalue weighted by molar-refractivity contribution is 7.89. The van der Waals surface area contributed by atoms with Crippen LogP contribution in [0.3, 0.4) is 0 Å². The molecule has 6 nitrogen and oxygen atoms in total. The molecule has 9 heteroatoms. The average molecular weight is 499 g/mol. The molecule has 1 aliphatic heterocycles. The molecule has 1 atom stereocenters. The molecule has 2 aromatic carbocycles. The lowest BCUT2D eigenvalue weighted by Gasteiger charge is -2.23. The average Bonchev–Trinajstić information content (AvgIpc) is 3.23. The topological polar surface area (TPSA) is 75.7 Å². The lowest BCUT2D eigenvalue weighted by atomic mass is 9.87. The second-order valence-corrected chi connectivity index (χ2v) is 11.5. The molecule has 0 bridgehead atoms. The van der Waals surface area contributed by atoms with Crippen LogP contribution in [0.2, 0.25) is 10.0 Å². The molecule has 1 aliphatic rings. The number of ether oxygens (including phenoxy) is 1. The molecule has 0 saturated carbocycles. The second-order valence-electron chi connectivity index (χ2n) is 8.76. The number of carbonyl (C=O) groups is 1. The number of hydrogen-bond acceptors (Lipinski definition) is 4. The van der Waals surface area contributed by atoms with Crippen molar-refractivity contribution in [1.82, 2.24) is 9.62 Å². The Hall–Kier alpha value is -1.80. The van der Waals surface area contributed by atoms with Gasteiger partial charge in [0, 0.05) is 6.54 Å². The lowest BCUT2D eigenvalue weighted by Crippen LogP contribution is -2.46. The van der Waals surface area contributed by atoms with Gasteiger partial charge in [-0.2, -0.15) is 4.31 Å². The van der Waals surface area contributed by atoms with Gasteiger partial charge in [0.15, 0.2) is 0 Å². The number of sulfonamides is 1. The fourth-order valence-electron chi connectivity index (χ4n) is 3.57. The summed E-state index contributed by atoms with van der Waals surface area (Å²) < 4.78 is 33.0. The van der Waals surface area contributed by atoms with Crippen molar-refractivity contribution < 1.29 is 17.9 Å². The maximum absolute atomic E-state index is 13.0. The molecule has 1 heterocycles. The van der Waals surface area contributed by atoms with E-state index in [1.807, 2.05) is 24.3 Å². The Bertz CT molecular complexity index is 1070. The van der Waals surface area contributed by atoms with Gasteiger partial charge in [0.1, 0.15) is 18.4 Å². The zero-order chi connectivity index (χ0) is 23.5. The summed E-state index contributed by atoms with van der Waals surface area (Å²) in [5, 5.41) is 3.21. The molecule has 174 valence electrons. The van der Waals surface area contributed by atoms with E-state index in [4.69, 9.17) is 27.9 Å². The summed E-state index contributed by atoms with van der Waals surface area (Å²) in [5.41, 5.74) is 1.28. The molecule has 1 N–H and O–H groups in total. The second kappa shape index (κ2) is 10.00. The van der Waals surface area contributed by atoms with E-state index >= 15 is 0 Å². The van der Waals surface area contributed by atoms with Gasteiger partial charge >= 0.3 is 0 Å². The van der Waals surface area contributed by atoms with Crippen LogP contribution >= 0.6 is 23.2 Å². The van der Waals surface area contributed by atoms with Gasteiger partial charge < -0.3 is 10.1 Å². The minimum Gasteiger partial charge on any atom is -0.492 e. The zero-order valence-electron chi connectivity index (χ0n) is 18.4. The molecule has 1 fully saturated rings. The van der Waals surface area contributed by atoms with E-state index in [0.717, 1.165) is 5.75 Å². The third-order valence-corrected chi connectivity index (χ3v) is 8.04. The van der Waals surface area contributed by atoms with E-state index in [0.29, 0.717) is 12.8 Å². The molecule has 0 aliphatic carbocycles. The fraction of sp³-hybridized carbons (Fsp3) is 0.435. The summed E-state index contributed by atoms with van der Waals surface area (Å²) >= 11 is 11.9. The minimum absolute atomic E-state index is 0.0219. The van der Waals surface area contributed by atoms with E-state index in [1.54, 1.807) is 0 Å². The Kier molecular flexibility index (Phi) is 7.76. The molecular formula is C23H28Cl2N2O4S. The Morgan fingerprint density at radius 1 is 1.12 bits per heavy atom. The van der Waals surface area contributed by atoms with Crippen molar-refractivity contribution in [3.05, 3.63) is 58.1 Å². The highest BCUT2D eigenvalue weighted by Crippen LogP contribution is 2.30. The van der Waals surface area contributed by atoms with Crippen LogP contribution in [0.1, 0.15) is 39.2 Å². The van der Waals surface area contributed by atoms with Gasteiger partial charge in [0.2, 0.25) is 15.9 Å². The van der Waals surface area contributed by atoms with Crippen molar-refractivity contribution in [2.75, 3.05) is 19.7 Å². The summed E-state index contributed by atoms with van der Waals surface area (Å²) in [4.78, 5) is 12.7. The van der Waals surface area contributed by atoms with E-state index in [2.05, 4.69) is 26.1 Å². The minimum atomic E-state index is -3.86. The number of halogens is 2. The van der Waals surface area contributed by atoms with Gasteiger partial charge in [0.05, 0.1) is 21.5 Å². The summed E-state index contributed by atoms with van der Waals surface area (Å²) in [6, 6.07) is 11.3. The van der Waals surface area contributed by atoms with Crippen molar-refractivity contribution in [3.8, 4) is 5.75 Å². The van der Waals surface area contributed by atoms with Crippen molar-refractivity contribution >= 4 is 39.1 Å². The number of benzene rings is 2. The largest absolute Gasteiger partial charge is 0.492 e. The number of nitrogens with zero attached hydrogens (tertiary/aromatic N) is 1. The van der Waals surface area contributed by atoms with Crippen LogP contribution in [0.5, 0.6) is 5.75 Å². The van der Waals surface area contributed by atoms with Crippen LogP contribution in [0, 0.1) is 0 Å². The Labute approximate surface area is 199 Å². The molecule has 2 aromatic rings. The van der Waals surface area contributed by atoms with Gasteiger partial charge in [-0.1, -0.05) is 56.1 Å². The molecular weight excluding hydrogens is 471 g/mol. The van der Waals surface area contributed by atoms with Crippen molar-refractivity contribution in [2.24, 2.45) is 0 Å². The summed E-state index contributed by atoms with van der Waals surface area (Å²) in [6.07, 6.45) is 1.07. The number of carbonyl (C=O) groups excluding carboxylic acids is 1. The number of nitrogens with one attached hydrogen (secondary N) is 1. The number of hydrogen-bond donors (Lipinski definition) is 1. The smallest absolute Gasteiger partial charge is 0.243 e. The first-order chi connectivity index (χ1) is 15.0. The maximum atomic E-state index is 13.0. The van der Waals surface area contributed by atoms with Crippen LogP contribution in [0.25, 0.3) is 0 Å². The summed E-state index contributed by atoms with van der Waals surface area (Å²) in [6.45, 7) is 7.27. The summed E-state index contributed by atoms with van der Waals surface area (Å²) in [7, 11) is -3.86. The molecule has 0 spiro atoms. The van der Waals surface area contributed by atoms with Gasteiger partial charge in [-0.3, -0.25) is 4.79 Å². The third-order valence-electron chi connectivity index (χ3n) is 5.39. The van der Waals surface area contributed by atoms with Crippen molar-refractivity contribution in [3.63, 3.8) is 0 Å². The van der Waals surface area contributed by atoms with Crippen molar-refractivity contribution in [1.29, 1.82) is 0 Å². The molecule has 0 radical (unpaired) electrons. The highest BCUT2D eigenvalue weighted by atomic mass is 35.5. The van der Waals surface area contributed by atoms with Crippen LogP contribution in [-0.4, -0.2) is 44.4 Å². The van der Waals surface area contributed by atoms with Crippen LogP contribution in [-0.2, 0) is 20.2 Å². The first kappa shape index (κ1) is 24.8. The van der Waals surface area contributed by atoms with E-state index in [1.165, 1.54) is 28.1 Å². The van der Waals surface area contributed by atoms with E-state index in [-0.39, 0.29) is 46.0 Å². The van der Waals surface area contributed by atoms with Gasteiger partial charge in [0.25, 0.3) is 0 Å². The quantitative estimate of drug-likeness (QED) is 0.564. The van der Waals surface area contributed by atoms with Gasteiger partial charge in [-0.25, -0.2) is 8.42 Å². The third kappa shape index (κ3) is 5.76. The predicted octanol–water partition coefficient (Wildman–Crippen LogP) is 4.64. The Morgan fingerprint density at radius 3 is 2.44 bits per heavy atom. The zero-order valence-corrected chi connectivity index (χ0v) is 20.7. The summed E-state index contributed by atoms with van der Waals surface area (Å²) in [5.74, 6) is 0.384. The van der Waals surface area contributed by atoms with Crippen LogP contribution < -0.4 is 10.1 Å². The van der Waals surface area contributed by atoms with Crippen LogP contribution in [0.4, 0.5) is 0 Å². The number of amides is 1. The lowest BCUT2D eigenvalue weighted by molar-refractivity contribution is -0.124. The van der Waals surface area contributed by atoms with Gasteiger partial charge in [-0.15, -0.1) is 0 Å². The van der Waals surface area contributed by atoms with Gasteiger partial charge in [-0.05, 0) is 54.2 Å². The van der Waals surface area contributed by atoms with E-state index < -0.39 is 16.1 Å². The SMILES string of the molecule is CC(C)(C)c1ccc(OCCNC(=O)C2CCCN2S(=O)(=O)c2ccc(Cl)c(Cl)c2)cc1. The normalized spacial score (nSPS) is 17.3. The molecule has 3 rings (SSSR count). The molecule has 1 unspecified atom stereocenters. The Balaban J connectivity index is 1.56. The first-order valence-electron chi connectivity index (χ1n) is 10.5. The predicted molar refractivity (Wildman–Crippen MR) is 127 cm³/mol. The maximum Gasteiger partial charge on any atom is 0.243 e. The Morgan fingerprint density at radius 2 is 1.81 bits per heavy atom. The van der Waals surface area contributed by atoms with Crippen LogP contribution in [0.15, 0.2) is 47.4 Å². The first-order valence-corrected chi connectivity index (χ1v) is 12.7.